The molecule has 7 nitrogen and oxygen atoms in total. The van der Waals surface area contributed by atoms with Crippen molar-refractivity contribution in [1.82, 2.24) is 15.2 Å². The molecule has 3 heterocycles. The maximum Gasteiger partial charge on any atom is 0.269 e. The number of amides is 1. The molecule has 1 saturated heterocycles. The Morgan fingerprint density at radius 1 is 1.16 bits per heavy atom. The van der Waals surface area contributed by atoms with Crippen LogP contribution < -0.4 is 10.2 Å². The van der Waals surface area contributed by atoms with Crippen molar-refractivity contribution in [2.24, 2.45) is 4.99 Å². The standard InChI is InChI=1S/C24H28ClN5O2/c1-4-18-22(31)13-17-19(28-18)6-5-16(23(17)25)14-29-9-11-30(12-10-29)21-8-7-20(24(32)26-3)27-15(21)2/h5-8H,4,9-14H2,1-3H3,(H,26,32). The lowest BCUT2D eigenvalue weighted by Crippen LogP contribution is -2.46. The van der Waals surface area contributed by atoms with Crippen LogP contribution in [-0.4, -0.2) is 60.5 Å². The summed E-state index contributed by atoms with van der Waals surface area (Å²) in [4.78, 5) is 37.7. The summed E-state index contributed by atoms with van der Waals surface area (Å²) in [6.45, 7) is 8.15. The highest BCUT2D eigenvalue weighted by molar-refractivity contribution is 6.42. The number of carbonyl (C=O) groups is 2. The van der Waals surface area contributed by atoms with Gasteiger partial charge in [-0.3, -0.25) is 14.5 Å². The number of hydrogen-bond acceptors (Lipinski definition) is 6. The average Bonchev–Trinajstić information content (AvgIpc) is 2.81. The predicted octanol–water partition coefficient (Wildman–Crippen LogP) is 3.33. The molecule has 4 rings (SSSR count). The van der Waals surface area contributed by atoms with Crippen LogP contribution in [0.2, 0.25) is 5.02 Å². The van der Waals surface area contributed by atoms with E-state index in [1.54, 1.807) is 13.1 Å². The van der Waals surface area contributed by atoms with Crippen LogP contribution in [0.1, 0.15) is 40.7 Å². The SMILES string of the molecule is CCC1=Nc2ccc(CN3CCN(c4ccc(C(=O)NC)nc4C)CC3)c(Cl)c2CC1=O. The number of benzene rings is 1. The van der Waals surface area contributed by atoms with E-state index in [2.05, 4.69) is 25.1 Å². The lowest BCUT2D eigenvalue weighted by Gasteiger charge is -2.36. The van der Waals surface area contributed by atoms with Gasteiger partial charge in [0, 0.05) is 51.8 Å². The Labute approximate surface area is 193 Å². The van der Waals surface area contributed by atoms with Gasteiger partial charge in [0.05, 0.1) is 27.8 Å². The summed E-state index contributed by atoms with van der Waals surface area (Å²) < 4.78 is 0. The number of Topliss-reactive ketones (excluding diaryl/α,β-unsaturated/α-hetero) is 1. The Kier molecular flexibility index (Phi) is 6.58. The number of hydrogen-bond donors (Lipinski definition) is 1. The largest absolute Gasteiger partial charge is 0.368 e. The summed E-state index contributed by atoms with van der Waals surface area (Å²) in [5.41, 5.74) is 5.69. The quantitative estimate of drug-likeness (QED) is 0.751. The first-order valence-corrected chi connectivity index (χ1v) is 11.4. The molecule has 0 aliphatic carbocycles. The van der Waals surface area contributed by atoms with Crippen LogP contribution in [0.25, 0.3) is 0 Å². The summed E-state index contributed by atoms with van der Waals surface area (Å²) in [6, 6.07) is 7.77. The average molecular weight is 454 g/mol. The lowest BCUT2D eigenvalue weighted by atomic mass is 9.97. The van der Waals surface area contributed by atoms with Crippen molar-refractivity contribution in [3.63, 3.8) is 0 Å². The number of halogens is 1. The van der Waals surface area contributed by atoms with Crippen molar-refractivity contribution in [2.45, 2.75) is 33.2 Å². The van der Waals surface area contributed by atoms with E-state index in [4.69, 9.17) is 11.6 Å². The minimum atomic E-state index is -0.176. The Bertz CT molecular complexity index is 1090. The summed E-state index contributed by atoms with van der Waals surface area (Å²) in [7, 11) is 1.61. The van der Waals surface area contributed by atoms with E-state index in [1.165, 1.54) is 0 Å². The zero-order valence-electron chi connectivity index (χ0n) is 18.7. The molecule has 0 radical (unpaired) electrons. The van der Waals surface area contributed by atoms with Crippen molar-refractivity contribution in [1.29, 1.82) is 0 Å². The molecule has 1 aromatic carbocycles. The number of aryl methyl sites for hydroxylation is 1. The summed E-state index contributed by atoms with van der Waals surface area (Å²) in [5.74, 6) is -0.108. The van der Waals surface area contributed by atoms with Gasteiger partial charge in [-0.2, -0.15) is 0 Å². The van der Waals surface area contributed by atoms with E-state index in [0.29, 0.717) is 29.3 Å². The summed E-state index contributed by atoms with van der Waals surface area (Å²) >= 11 is 6.70. The number of fused-ring (bicyclic) bond motifs is 1. The number of nitrogens with zero attached hydrogens (tertiary/aromatic N) is 4. The lowest BCUT2D eigenvalue weighted by molar-refractivity contribution is -0.112. The molecule has 0 bridgehead atoms. The molecule has 1 fully saturated rings. The molecule has 0 atom stereocenters. The minimum absolute atomic E-state index is 0.0686. The van der Waals surface area contributed by atoms with E-state index in [-0.39, 0.29) is 11.7 Å². The van der Waals surface area contributed by atoms with Crippen LogP contribution >= 0.6 is 11.6 Å². The Hall–Kier alpha value is -2.77. The number of pyridine rings is 1. The van der Waals surface area contributed by atoms with Gasteiger partial charge in [0.25, 0.3) is 5.91 Å². The van der Waals surface area contributed by atoms with Crippen molar-refractivity contribution in [2.75, 3.05) is 38.1 Å². The van der Waals surface area contributed by atoms with E-state index >= 15 is 0 Å². The zero-order chi connectivity index (χ0) is 22.8. The van der Waals surface area contributed by atoms with Crippen LogP contribution in [0, 0.1) is 6.92 Å². The molecular formula is C24H28ClN5O2. The van der Waals surface area contributed by atoms with Gasteiger partial charge >= 0.3 is 0 Å². The number of rotatable bonds is 5. The van der Waals surface area contributed by atoms with Gasteiger partial charge in [0.2, 0.25) is 0 Å². The molecule has 2 aliphatic rings. The molecule has 2 aromatic rings. The zero-order valence-corrected chi connectivity index (χ0v) is 19.5. The second-order valence-corrected chi connectivity index (χ2v) is 8.57. The number of aromatic nitrogens is 1. The highest BCUT2D eigenvalue weighted by Crippen LogP contribution is 2.34. The van der Waals surface area contributed by atoms with Gasteiger partial charge in [-0.15, -0.1) is 0 Å². The van der Waals surface area contributed by atoms with E-state index in [0.717, 1.165) is 60.9 Å². The molecule has 2 aliphatic heterocycles. The Morgan fingerprint density at radius 3 is 2.56 bits per heavy atom. The summed E-state index contributed by atoms with van der Waals surface area (Å²) in [6.07, 6.45) is 0.978. The number of ketones is 1. The second-order valence-electron chi connectivity index (χ2n) is 8.19. The van der Waals surface area contributed by atoms with Gasteiger partial charge in [0.15, 0.2) is 5.78 Å². The third-order valence-electron chi connectivity index (χ3n) is 6.17. The first-order valence-electron chi connectivity index (χ1n) is 11.0. The summed E-state index contributed by atoms with van der Waals surface area (Å²) in [5, 5.41) is 3.28. The minimum Gasteiger partial charge on any atom is -0.368 e. The van der Waals surface area contributed by atoms with Crippen molar-refractivity contribution in [3.05, 3.63) is 51.8 Å². The van der Waals surface area contributed by atoms with Crippen molar-refractivity contribution >= 4 is 40.4 Å². The third-order valence-corrected chi connectivity index (χ3v) is 6.64. The fourth-order valence-electron chi connectivity index (χ4n) is 4.33. The Morgan fingerprint density at radius 2 is 1.91 bits per heavy atom. The molecule has 1 N–H and O–H groups in total. The fourth-order valence-corrected chi connectivity index (χ4v) is 4.62. The van der Waals surface area contributed by atoms with Crippen LogP contribution in [0.4, 0.5) is 11.4 Å². The number of aliphatic imine (C=N–C) groups is 1. The number of carbonyl (C=O) groups excluding carboxylic acids is 2. The first-order chi connectivity index (χ1) is 15.4. The Balaban J connectivity index is 1.42. The highest BCUT2D eigenvalue weighted by atomic mass is 35.5. The third kappa shape index (κ3) is 4.40. The van der Waals surface area contributed by atoms with Gasteiger partial charge < -0.3 is 10.2 Å². The molecule has 1 amide bonds. The normalized spacial score (nSPS) is 16.6. The van der Waals surface area contributed by atoms with Crippen molar-refractivity contribution in [3.8, 4) is 0 Å². The molecule has 32 heavy (non-hydrogen) atoms. The van der Waals surface area contributed by atoms with Gasteiger partial charge in [-0.05, 0) is 37.1 Å². The van der Waals surface area contributed by atoms with Gasteiger partial charge in [-0.1, -0.05) is 24.6 Å². The van der Waals surface area contributed by atoms with Crippen LogP contribution in [0.5, 0.6) is 0 Å². The van der Waals surface area contributed by atoms with Crippen LogP contribution in [-0.2, 0) is 17.8 Å². The smallest absolute Gasteiger partial charge is 0.269 e. The van der Waals surface area contributed by atoms with Gasteiger partial charge in [0.1, 0.15) is 5.69 Å². The monoisotopic (exact) mass is 453 g/mol. The number of nitrogens with one attached hydrogen (secondary N) is 1. The van der Waals surface area contributed by atoms with Crippen molar-refractivity contribution < 1.29 is 9.59 Å². The maximum absolute atomic E-state index is 12.3. The van der Waals surface area contributed by atoms with E-state index < -0.39 is 0 Å². The molecule has 0 spiro atoms. The molecule has 1 aromatic heterocycles. The predicted molar refractivity (Wildman–Crippen MR) is 127 cm³/mol. The van der Waals surface area contributed by atoms with Crippen LogP contribution in [0.15, 0.2) is 29.3 Å². The molecular weight excluding hydrogens is 426 g/mol. The number of anilines is 1. The topological polar surface area (TPSA) is 77.9 Å². The van der Waals surface area contributed by atoms with E-state index in [9.17, 15) is 9.59 Å². The molecule has 168 valence electrons. The molecule has 0 unspecified atom stereocenters. The number of piperazine rings is 1. The molecule has 0 saturated carbocycles. The maximum atomic E-state index is 12.3. The van der Waals surface area contributed by atoms with E-state index in [1.807, 2.05) is 32.0 Å². The highest BCUT2D eigenvalue weighted by Gasteiger charge is 2.25. The first kappa shape index (κ1) is 22.4. The second kappa shape index (κ2) is 9.38. The fraction of sp³-hybridized carbons (Fsp3) is 0.417. The molecule has 8 heteroatoms. The van der Waals surface area contributed by atoms with Gasteiger partial charge in [-0.25, -0.2) is 9.98 Å². The van der Waals surface area contributed by atoms with Crippen LogP contribution in [0.3, 0.4) is 0 Å².